The number of hydrogen-bond acceptors (Lipinski definition) is 6. The molecule has 1 aromatic heterocycles. The fourth-order valence-electron chi connectivity index (χ4n) is 2.84. The molecule has 10 heteroatoms. The van der Waals surface area contributed by atoms with Crippen molar-refractivity contribution in [3.63, 3.8) is 0 Å². The summed E-state index contributed by atoms with van der Waals surface area (Å²) in [6, 6.07) is 6.35. The zero-order valence-corrected chi connectivity index (χ0v) is 17.2. The normalized spacial score (nSPS) is 15.1. The molecule has 148 valence electrons. The van der Waals surface area contributed by atoms with Crippen molar-refractivity contribution in [2.45, 2.75) is 30.6 Å². The van der Waals surface area contributed by atoms with Gasteiger partial charge in [-0.25, -0.2) is 13.4 Å². The highest BCUT2D eigenvalue weighted by Gasteiger charge is 2.26. The van der Waals surface area contributed by atoms with E-state index in [0.717, 1.165) is 24.3 Å². The molecule has 7 nitrogen and oxygen atoms in total. The Morgan fingerprint density at radius 3 is 2.70 bits per heavy atom. The molecule has 0 bridgehead atoms. The van der Waals surface area contributed by atoms with Gasteiger partial charge < -0.3 is 11.1 Å². The maximum absolute atomic E-state index is 12.8. The number of nitrogens with zero attached hydrogens (tertiary/aromatic N) is 2. The summed E-state index contributed by atoms with van der Waals surface area (Å²) in [5.74, 6) is -0.364. The van der Waals surface area contributed by atoms with E-state index in [1.165, 1.54) is 21.7 Å². The van der Waals surface area contributed by atoms with Crippen LogP contribution in [0.4, 0.5) is 5.69 Å². The second-order valence-corrected chi connectivity index (χ2v) is 8.99. The predicted octanol–water partition coefficient (Wildman–Crippen LogP) is 2.49. The standard InChI is InChI=1S/C17H22N4O3S2.ClH/c18-8-7-16-20-15(12-25-16)17(22)19-13-5-4-6-14(11-13)26(23,24)21-9-2-1-3-10-21;/h4-6,11-12H,1-3,7-10,18H2,(H,19,22);1H. The number of hydrogen-bond donors (Lipinski definition) is 2. The lowest BCUT2D eigenvalue weighted by atomic mass is 10.2. The molecule has 0 unspecified atom stereocenters. The Bertz CT molecular complexity index is 880. The highest BCUT2D eigenvalue weighted by atomic mass is 35.5. The van der Waals surface area contributed by atoms with Crippen LogP contribution in [0.1, 0.15) is 34.8 Å². The quantitative estimate of drug-likeness (QED) is 0.732. The number of benzene rings is 1. The van der Waals surface area contributed by atoms with Crippen molar-refractivity contribution in [1.82, 2.24) is 9.29 Å². The average Bonchev–Trinajstić information content (AvgIpc) is 3.12. The minimum Gasteiger partial charge on any atom is -0.330 e. The van der Waals surface area contributed by atoms with Crippen molar-refractivity contribution in [3.05, 3.63) is 40.3 Å². The van der Waals surface area contributed by atoms with Gasteiger partial charge in [0.05, 0.1) is 9.90 Å². The summed E-state index contributed by atoms with van der Waals surface area (Å²) in [6.07, 6.45) is 3.44. The van der Waals surface area contributed by atoms with Crippen LogP contribution >= 0.6 is 23.7 Å². The monoisotopic (exact) mass is 430 g/mol. The first-order valence-electron chi connectivity index (χ1n) is 8.57. The number of nitrogens with one attached hydrogen (secondary N) is 1. The molecule has 2 aromatic rings. The summed E-state index contributed by atoms with van der Waals surface area (Å²) < 4.78 is 27.0. The van der Waals surface area contributed by atoms with Gasteiger partial charge in [-0.3, -0.25) is 4.79 Å². The van der Waals surface area contributed by atoms with Crippen molar-refractivity contribution in [3.8, 4) is 0 Å². The minimum absolute atomic E-state index is 0. The Kier molecular flexibility index (Phi) is 7.75. The molecule has 0 aliphatic carbocycles. The van der Waals surface area contributed by atoms with Gasteiger partial charge in [-0.2, -0.15) is 4.31 Å². The number of piperidine rings is 1. The van der Waals surface area contributed by atoms with Gasteiger partial charge in [0.25, 0.3) is 5.91 Å². The number of amides is 1. The Balaban J connectivity index is 0.00000261. The van der Waals surface area contributed by atoms with Crippen LogP contribution in [0.25, 0.3) is 0 Å². The van der Waals surface area contributed by atoms with Gasteiger partial charge in [-0.05, 0) is 37.6 Å². The van der Waals surface area contributed by atoms with E-state index in [2.05, 4.69) is 10.3 Å². The first-order valence-corrected chi connectivity index (χ1v) is 10.9. The molecule has 1 aromatic carbocycles. The van der Waals surface area contributed by atoms with Gasteiger partial charge in [0.15, 0.2) is 0 Å². The van der Waals surface area contributed by atoms with E-state index in [4.69, 9.17) is 5.73 Å². The van der Waals surface area contributed by atoms with E-state index in [0.29, 0.717) is 37.4 Å². The van der Waals surface area contributed by atoms with Crippen molar-refractivity contribution in [2.75, 3.05) is 25.0 Å². The van der Waals surface area contributed by atoms with Gasteiger partial charge in [-0.15, -0.1) is 23.7 Å². The third kappa shape index (κ3) is 5.26. The van der Waals surface area contributed by atoms with E-state index < -0.39 is 10.0 Å². The number of nitrogens with two attached hydrogens (primary N) is 1. The van der Waals surface area contributed by atoms with Crippen LogP contribution in [-0.2, 0) is 16.4 Å². The van der Waals surface area contributed by atoms with Crippen LogP contribution in [-0.4, -0.2) is 43.2 Å². The SMILES string of the molecule is Cl.NCCc1nc(C(=O)Nc2cccc(S(=O)(=O)N3CCCCC3)c2)cs1. The van der Waals surface area contributed by atoms with Crippen molar-refractivity contribution >= 4 is 45.4 Å². The second kappa shape index (κ2) is 9.61. The first-order chi connectivity index (χ1) is 12.5. The van der Waals surface area contributed by atoms with Crippen LogP contribution in [0, 0.1) is 0 Å². The molecule has 1 fully saturated rings. The first kappa shape index (κ1) is 21.8. The molecule has 1 saturated heterocycles. The van der Waals surface area contributed by atoms with Gasteiger partial charge in [0, 0.05) is 30.6 Å². The van der Waals surface area contributed by atoms with Crippen LogP contribution in [0.2, 0.25) is 0 Å². The number of sulfonamides is 1. The second-order valence-electron chi connectivity index (χ2n) is 6.11. The molecule has 3 N–H and O–H groups in total. The number of anilines is 1. The number of halogens is 1. The smallest absolute Gasteiger partial charge is 0.275 e. The van der Waals surface area contributed by atoms with Gasteiger partial charge in [0.1, 0.15) is 5.69 Å². The van der Waals surface area contributed by atoms with Crippen LogP contribution in [0.5, 0.6) is 0 Å². The molecule has 2 heterocycles. The zero-order valence-electron chi connectivity index (χ0n) is 14.8. The summed E-state index contributed by atoms with van der Waals surface area (Å²) in [4.78, 5) is 16.8. The molecule has 0 radical (unpaired) electrons. The maximum Gasteiger partial charge on any atom is 0.275 e. The summed E-state index contributed by atoms with van der Waals surface area (Å²) in [7, 11) is -3.53. The molecule has 1 aliphatic rings. The molecule has 1 aliphatic heterocycles. The largest absolute Gasteiger partial charge is 0.330 e. The Labute approximate surface area is 169 Å². The van der Waals surface area contributed by atoms with E-state index in [-0.39, 0.29) is 23.2 Å². The highest BCUT2D eigenvalue weighted by Crippen LogP contribution is 2.23. The third-order valence-corrected chi connectivity index (χ3v) is 6.99. The summed E-state index contributed by atoms with van der Waals surface area (Å²) in [5, 5.41) is 5.20. The average molecular weight is 431 g/mol. The molecule has 0 saturated carbocycles. The number of rotatable bonds is 6. The highest BCUT2D eigenvalue weighted by molar-refractivity contribution is 7.89. The van der Waals surface area contributed by atoms with Crippen molar-refractivity contribution < 1.29 is 13.2 Å². The van der Waals surface area contributed by atoms with Crippen LogP contribution in [0.15, 0.2) is 34.5 Å². The number of carbonyl (C=O) groups excluding carboxylic acids is 1. The summed E-state index contributed by atoms with van der Waals surface area (Å²) in [5.41, 5.74) is 6.23. The van der Waals surface area contributed by atoms with Crippen LogP contribution < -0.4 is 11.1 Å². The number of aromatic nitrogens is 1. The summed E-state index contributed by atoms with van der Waals surface area (Å²) >= 11 is 1.38. The maximum atomic E-state index is 12.8. The van der Waals surface area contributed by atoms with Gasteiger partial charge >= 0.3 is 0 Å². The molecular formula is C17H23ClN4O3S2. The van der Waals surface area contributed by atoms with Crippen LogP contribution in [0.3, 0.4) is 0 Å². The van der Waals surface area contributed by atoms with E-state index in [9.17, 15) is 13.2 Å². The molecule has 27 heavy (non-hydrogen) atoms. The fraction of sp³-hybridized carbons (Fsp3) is 0.412. The lowest BCUT2D eigenvalue weighted by molar-refractivity contribution is 0.102. The van der Waals surface area contributed by atoms with E-state index in [1.54, 1.807) is 23.6 Å². The van der Waals surface area contributed by atoms with E-state index in [1.807, 2.05) is 0 Å². The topological polar surface area (TPSA) is 105 Å². The molecule has 1 amide bonds. The summed E-state index contributed by atoms with van der Waals surface area (Å²) in [6.45, 7) is 1.56. The van der Waals surface area contributed by atoms with Crippen molar-refractivity contribution in [2.24, 2.45) is 5.73 Å². The lowest BCUT2D eigenvalue weighted by Gasteiger charge is -2.26. The molecule has 3 rings (SSSR count). The van der Waals surface area contributed by atoms with Gasteiger partial charge in [0.2, 0.25) is 10.0 Å². The van der Waals surface area contributed by atoms with Crippen molar-refractivity contribution in [1.29, 1.82) is 0 Å². The lowest BCUT2D eigenvalue weighted by Crippen LogP contribution is -2.35. The Morgan fingerprint density at radius 2 is 2.00 bits per heavy atom. The number of carbonyl (C=O) groups is 1. The molecular weight excluding hydrogens is 408 g/mol. The molecule has 0 atom stereocenters. The minimum atomic E-state index is -3.53. The van der Waals surface area contributed by atoms with E-state index >= 15 is 0 Å². The Morgan fingerprint density at radius 1 is 1.26 bits per heavy atom. The zero-order chi connectivity index (χ0) is 18.6. The molecule has 0 spiro atoms. The predicted molar refractivity (Wildman–Crippen MR) is 109 cm³/mol. The number of thiazole rings is 1. The Hall–Kier alpha value is -1.52. The third-order valence-electron chi connectivity index (χ3n) is 4.19. The van der Waals surface area contributed by atoms with Gasteiger partial charge in [-0.1, -0.05) is 12.5 Å². The fourth-order valence-corrected chi connectivity index (χ4v) is 5.19.